The number of anilines is 1. The second kappa shape index (κ2) is 7.14. The molecule has 6 rings (SSSR count). The second-order valence-electron chi connectivity index (χ2n) is 7.31. The number of benzene rings is 2. The molecule has 2 unspecified atom stereocenters. The van der Waals surface area contributed by atoms with E-state index in [0.717, 1.165) is 38.8 Å². The van der Waals surface area contributed by atoms with E-state index in [1.807, 2.05) is 41.1 Å². The zero-order valence-electron chi connectivity index (χ0n) is 16.4. The Morgan fingerprint density at radius 2 is 2.03 bits per heavy atom. The molecule has 0 bridgehead atoms. The van der Waals surface area contributed by atoms with E-state index in [4.69, 9.17) is 21.1 Å². The number of aromatic nitrogens is 3. The normalized spacial score (nSPS) is 19.0. The van der Waals surface area contributed by atoms with E-state index in [1.54, 1.807) is 24.8 Å². The Morgan fingerprint density at radius 1 is 1.16 bits per heavy atom. The molecule has 0 radical (unpaired) electrons. The van der Waals surface area contributed by atoms with Crippen LogP contribution in [0.15, 0.2) is 71.9 Å². The highest BCUT2D eigenvalue weighted by molar-refractivity contribution is 7.10. The van der Waals surface area contributed by atoms with Crippen LogP contribution in [0.2, 0.25) is 5.02 Å². The number of nitrogens with one attached hydrogen (secondary N) is 1. The molecule has 0 saturated heterocycles. The maximum absolute atomic E-state index is 6.56. The van der Waals surface area contributed by atoms with Crippen LogP contribution in [0.5, 0.6) is 11.5 Å². The van der Waals surface area contributed by atoms with Gasteiger partial charge in [0.25, 0.3) is 0 Å². The zero-order chi connectivity index (χ0) is 20.9. The summed E-state index contributed by atoms with van der Waals surface area (Å²) in [6.07, 6.45) is 1.30. The summed E-state index contributed by atoms with van der Waals surface area (Å²) in [5, 5.41) is 10.7. The standard InChI is InChI=1S/C23H17ClN4O2S/c1-29-15-7-4-13(5-8-15)21-19-20(27-23-25-12-26-28(21)23)16-11-14(24)6-9-17(16)30-22(19)18-3-2-10-31-18/h2-12,21-22H,1H3,(H,25,26,27). The van der Waals surface area contributed by atoms with Crippen LogP contribution in [0.3, 0.4) is 0 Å². The number of nitrogens with zero attached hydrogens (tertiary/aromatic N) is 3. The van der Waals surface area contributed by atoms with Gasteiger partial charge in [-0.1, -0.05) is 29.8 Å². The molecule has 2 aromatic carbocycles. The molecular weight excluding hydrogens is 432 g/mol. The van der Waals surface area contributed by atoms with Crippen molar-refractivity contribution in [1.82, 2.24) is 14.8 Å². The smallest absolute Gasteiger partial charge is 0.226 e. The lowest BCUT2D eigenvalue weighted by molar-refractivity contribution is 0.226. The summed E-state index contributed by atoms with van der Waals surface area (Å²) >= 11 is 8.03. The number of methoxy groups -OCH3 is 1. The van der Waals surface area contributed by atoms with Crippen molar-refractivity contribution in [3.8, 4) is 11.5 Å². The number of fused-ring (bicyclic) bond motifs is 3. The fourth-order valence-electron chi connectivity index (χ4n) is 4.23. The molecule has 154 valence electrons. The summed E-state index contributed by atoms with van der Waals surface area (Å²) in [7, 11) is 1.66. The third-order valence-electron chi connectivity index (χ3n) is 5.61. The van der Waals surface area contributed by atoms with Crippen molar-refractivity contribution in [3.05, 3.63) is 92.9 Å². The molecule has 0 amide bonds. The molecule has 2 aliphatic heterocycles. The largest absolute Gasteiger partial charge is 0.497 e. The van der Waals surface area contributed by atoms with Crippen LogP contribution in [0, 0.1) is 0 Å². The van der Waals surface area contributed by atoms with E-state index in [2.05, 4.69) is 39.0 Å². The summed E-state index contributed by atoms with van der Waals surface area (Å²) in [5.41, 5.74) is 4.02. The van der Waals surface area contributed by atoms with Gasteiger partial charge in [-0.25, -0.2) is 4.68 Å². The second-order valence-corrected chi connectivity index (χ2v) is 8.73. The third-order valence-corrected chi connectivity index (χ3v) is 6.76. The number of rotatable bonds is 3. The van der Waals surface area contributed by atoms with Gasteiger partial charge in [-0.2, -0.15) is 10.1 Å². The molecule has 6 nitrogen and oxygen atoms in total. The van der Waals surface area contributed by atoms with Crippen LogP contribution in [0.4, 0.5) is 5.95 Å². The summed E-state index contributed by atoms with van der Waals surface area (Å²) in [6, 6.07) is 17.7. The van der Waals surface area contributed by atoms with E-state index in [1.165, 1.54) is 0 Å². The Hall–Kier alpha value is -3.29. The van der Waals surface area contributed by atoms with E-state index >= 15 is 0 Å². The molecule has 2 aromatic heterocycles. The van der Waals surface area contributed by atoms with Crippen LogP contribution in [-0.2, 0) is 0 Å². The molecule has 0 spiro atoms. The lowest BCUT2D eigenvalue weighted by atomic mass is 9.86. The average Bonchev–Trinajstić information content (AvgIpc) is 3.49. The first kappa shape index (κ1) is 18.5. The fraction of sp³-hybridized carbons (Fsp3) is 0.130. The lowest BCUT2D eigenvalue weighted by Crippen LogP contribution is -2.32. The van der Waals surface area contributed by atoms with E-state index in [-0.39, 0.29) is 12.1 Å². The molecule has 4 heterocycles. The van der Waals surface area contributed by atoms with Gasteiger partial charge < -0.3 is 14.8 Å². The van der Waals surface area contributed by atoms with Crippen molar-refractivity contribution in [3.63, 3.8) is 0 Å². The highest BCUT2D eigenvalue weighted by atomic mass is 35.5. The molecule has 2 aliphatic rings. The molecule has 0 saturated carbocycles. The van der Waals surface area contributed by atoms with Crippen LogP contribution in [0.25, 0.3) is 5.70 Å². The molecule has 1 N–H and O–H groups in total. The summed E-state index contributed by atoms with van der Waals surface area (Å²) in [4.78, 5) is 5.57. The topological polar surface area (TPSA) is 61.2 Å². The van der Waals surface area contributed by atoms with Gasteiger partial charge in [0.05, 0.1) is 12.8 Å². The maximum atomic E-state index is 6.56. The van der Waals surface area contributed by atoms with Gasteiger partial charge in [0.1, 0.15) is 23.9 Å². The van der Waals surface area contributed by atoms with E-state index in [9.17, 15) is 0 Å². The molecule has 0 aliphatic carbocycles. The molecule has 31 heavy (non-hydrogen) atoms. The summed E-state index contributed by atoms with van der Waals surface area (Å²) < 4.78 is 13.8. The van der Waals surface area contributed by atoms with Crippen molar-refractivity contribution >= 4 is 34.6 Å². The van der Waals surface area contributed by atoms with Gasteiger partial charge in [0, 0.05) is 21.0 Å². The average molecular weight is 449 g/mol. The van der Waals surface area contributed by atoms with Gasteiger partial charge in [0.2, 0.25) is 5.95 Å². The van der Waals surface area contributed by atoms with Crippen LogP contribution in [-0.4, -0.2) is 21.9 Å². The van der Waals surface area contributed by atoms with Crippen molar-refractivity contribution in [2.75, 3.05) is 12.4 Å². The van der Waals surface area contributed by atoms with Crippen LogP contribution >= 0.6 is 22.9 Å². The van der Waals surface area contributed by atoms with Crippen molar-refractivity contribution in [1.29, 1.82) is 0 Å². The van der Waals surface area contributed by atoms with Crippen LogP contribution < -0.4 is 14.8 Å². The molecular formula is C23H17ClN4O2S. The Kier molecular flexibility index (Phi) is 4.26. The first-order chi connectivity index (χ1) is 15.2. The van der Waals surface area contributed by atoms with Gasteiger partial charge in [0.15, 0.2) is 6.10 Å². The van der Waals surface area contributed by atoms with Gasteiger partial charge in [-0.05, 0) is 47.3 Å². The summed E-state index contributed by atoms with van der Waals surface area (Å²) in [5.74, 6) is 2.27. The predicted octanol–water partition coefficient (Wildman–Crippen LogP) is 5.56. The number of ether oxygens (including phenoxy) is 2. The van der Waals surface area contributed by atoms with Gasteiger partial charge >= 0.3 is 0 Å². The molecule has 0 fully saturated rings. The maximum Gasteiger partial charge on any atom is 0.226 e. The molecule has 4 aromatic rings. The number of hydrogen-bond acceptors (Lipinski definition) is 6. The first-order valence-electron chi connectivity index (χ1n) is 9.77. The minimum atomic E-state index is -0.263. The molecule has 8 heteroatoms. The van der Waals surface area contributed by atoms with Gasteiger partial charge in [-0.3, -0.25) is 0 Å². The van der Waals surface area contributed by atoms with Crippen molar-refractivity contribution in [2.45, 2.75) is 12.1 Å². The van der Waals surface area contributed by atoms with Crippen molar-refractivity contribution in [2.24, 2.45) is 0 Å². The minimum Gasteiger partial charge on any atom is -0.497 e. The van der Waals surface area contributed by atoms with Crippen LogP contribution in [0.1, 0.15) is 28.1 Å². The Bertz CT molecular complexity index is 1300. The highest BCUT2D eigenvalue weighted by Crippen LogP contribution is 2.51. The van der Waals surface area contributed by atoms with Gasteiger partial charge in [-0.15, -0.1) is 11.3 Å². The SMILES string of the molecule is COc1ccc(C2C3=C(Nc4ncnn42)c2cc(Cl)ccc2OC3c2cccs2)cc1. The minimum absolute atomic E-state index is 0.195. The Morgan fingerprint density at radius 3 is 2.81 bits per heavy atom. The zero-order valence-corrected chi connectivity index (χ0v) is 18.0. The van der Waals surface area contributed by atoms with Crippen molar-refractivity contribution < 1.29 is 9.47 Å². The quantitative estimate of drug-likeness (QED) is 0.444. The molecule has 2 atom stereocenters. The lowest BCUT2D eigenvalue weighted by Gasteiger charge is -2.38. The Labute approximate surface area is 187 Å². The third kappa shape index (κ3) is 2.92. The predicted molar refractivity (Wildman–Crippen MR) is 121 cm³/mol. The van der Waals surface area contributed by atoms with E-state index in [0.29, 0.717) is 11.0 Å². The Balaban J connectivity index is 1.62. The summed E-state index contributed by atoms with van der Waals surface area (Å²) in [6.45, 7) is 0. The number of halogens is 1. The van der Waals surface area contributed by atoms with E-state index < -0.39 is 0 Å². The fourth-order valence-corrected chi connectivity index (χ4v) is 5.17. The number of hydrogen-bond donors (Lipinski definition) is 1. The number of thiophene rings is 1. The monoisotopic (exact) mass is 448 g/mol. The highest BCUT2D eigenvalue weighted by Gasteiger charge is 2.41. The first-order valence-corrected chi connectivity index (χ1v) is 11.0.